The van der Waals surface area contributed by atoms with Crippen LogP contribution in [-0.4, -0.2) is 11.6 Å². The van der Waals surface area contributed by atoms with Gasteiger partial charge in [0.1, 0.15) is 18.0 Å². The van der Waals surface area contributed by atoms with Crippen molar-refractivity contribution in [3.63, 3.8) is 0 Å². The molecule has 0 radical (unpaired) electrons. The van der Waals surface area contributed by atoms with Gasteiger partial charge in [-0.25, -0.2) is 0 Å². The number of ether oxygens (including phenoxy) is 2. The third-order valence-electron chi connectivity index (χ3n) is 3.39. The summed E-state index contributed by atoms with van der Waals surface area (Å²) in [4.78, 5) is 12.1. The van der Waals surface area contributed by atoms with Crippen molar-refractivity contribution in [2.24, 2.45) is 0 Å². The lowest BCUT2D eigenvalue weighted by atomic mass is 10.0. The van der Waals surface area contributed by atoms with Crippen LogP contribution in [0.15, 0.2) is 54.6 Å². The van der Waals surface area contributed by atoms with Crippen LogP contribution < -0.4 is 4.74 Å². The first kappa shape index (κ1) is 17.1. The predicted octanol–water partition coefficient (Wildman–Crippen LogP) is 4.71. The molecular formula is C20H24O3. The van der Waals surface area contributed by atoms with E-state index in [0.29, 0.717) is 6.61 Å². The van der Waals surface area contributed by atoms with Crippen molar-refractivity contribution in [1.29, 1.82) is 0 Å². The van der Waals surface area contributed by atoms with Crippen LogP contribution in [0.2, 0.25) is 0 Å². The van der Waals surface area contributed by atoms with Gasteiger partial charge in [-0.05, 0) is 51.0 Å². The van der Waals surface area contributed by atoms with E-state index < -0.39 is 5.60 Å². The third kappa shape index (κ3) is 5.44. The fraction of sp³-hybridized carbons (Fsp3) is 0.350. The Labute approximate surface area is 138 Å². The van der Waals surface area contributed by atoms with Crippen LogP contribution in [0.25, 0.3) is 0 Å². The SMILES string of the molecule is CC(C(=O)OC(C)(C)C)c1ccc(OCc2ccccc2)cc1. The highest BCUT2D eigenvalue weighted by atomic mass is 16.6. The van der Waals surface area contributed by atoms with Crippen molar-refractivity contribution in [3.8, 4) is 5.75 Å². The maximum atomic E-state index is 12.1. The molecular weight excluding hydrogens is 288 g/mol. The molecule has 0 heterocycles. The Balaban J connectivity index is 1.95. The van der Waals surface area contributed by atoms with Gasteiger partial charge in [0, 0.05) is 0 Å². The van der Waals surface area contributed by atoms with Crippen LogP contribution in [-0.2, 0) is 16.1 Å². The summed E-state index contributed by atoms with van der Waals surface area (Å²) in [5, 5.41) is 0. The van der Waals surface area contributed by atoms with Crippen molar-refractivity contribution in [3.05, 3.63) is 65.7 Å². The summed E-state index contributed by atoms with van der Waals surface area (Å²) in [6.45, 7) is 8.00. The molecule has 0 aliphatic rings. The van der Waals surface area contributed by atoms with E-state index in [1.165, 1.54) is 0 Å². The van der Waals surface area contributed by atoms with Crippen LogP contribution >= 0.6 is 0 Å². The molecule has 23 heavy (non-hydrogen) atoms. The number of benzene rings is 2. The second-order valence-corrected chi connectivity index (χ2v) is 6.60. The Kier molecular flexibility index (Phi) is 5.43. The van der Waals surface area contributed by atoms with Crippen LogP contribution in [0.3, 0.4) is 0 Å². The maximum Gasteiger partial charge on any atom is 0.313 e. The number of hydrogen-bond donors (Lipinski definition) is 0. The van der Waals surface area contributed by atoms with Gasteiger partial charge in [0.2, 0.25) is 0 Å². The van der Waals surface area contributed by atoms with Crippen molar-refractivity contribution in [2.75, 3.05) is 0 Å². The lowest BCUT2D eigenvalue weighted by Crippen LogP contribution is -2.26. The summed E-state index contributed by atoms with van der Waals surface area (Å²) >= 11 is 0. The highest BCUT2D eigenvalue weighted by Crippen LogP contribution is 2.23. The van der Waals surface area contributed by atoms with Gasteiger partial charge in [-0.3, -0.25) is 4.79 Å². The Hall–Kier alpha value is -2.29. The van der Waals surface area contributed by atoms with Crippen LogP contribution in [0.1, 0.15) is 44.7 Å². The highest BCUT2D eigenvalue weighted by molar-refractivity contribution is 5.78. The zero-order chi connectivity index (χ0) is 16.9. The van der Waals surface area contributed by atoms with E-state index in [-0.39, 0.29) is 11.9 Å². The Morgan fingerprint density at radius 1 is 1.00 bits per heavy atom. The molecule has 2 aromatic carbocycles. The molecule has 0 aliphatic carbocycles. The molecule has 0 aliphatic heterocycles. The highest BCUT2D eigenvalue weighted by Gasteiger charge is 2.22. The summed E-state index contributed by atoms with van der Waals surface area (Å²) < 4.78 is 11.2. The number of esters is 1. The predicted molar refractivity (Wildman–Crippen MR) is 91.5 cm³/mol. The second-order valence-electron chi connectivity index (χ2n) is 6.60. The summed E-state index contributed by atoms with van der Waals surface area (Å²) in [6.07, 6.45) is 0. The van der Waals surface area contributed by atoms with Crippen molar-refractivity contribution < 1.29 is 14.3 Å². The van der Waals surface area contributed by atoms with E-state index in [1.807, 2.05) is 82.3 Å². The number of rotatable bonds is 5. The number of carbonyl (C=O) groups is 1. The lowest BCUT2D eigenvalue weighted by molar-refractivity contribution is -0.156. The first-order chi connectivity index (χ1) is 10.8. The molecule has 3 nitrogen and oxygen atoms in total. The van der Waals surface area contributed by atoms with Crippen molar-refractivity contribution in [2.45, 2.75) is 45.8 Å². The van der Waals surface area contributed by atoms with E-state index in [2.05, 4.69) is 0 Å². The molecule has 0 amide bonds. The molecule has 1 atom stereocenters. The fourth-order valence-electron chi connectivity index (χ4n) is 2.12. The number of hydrogen-bond acceptors (Lipinski definition) is 3. The van der Waals surface area contributed by atoms with E-state index in [9.17, 15) is 4.79 Å². The van der Waals surface area contributed by atoms with E-state index in [0.717, 1.165) is 16.9 Å². The molecule has 0 spiro atoms. The molecule has 3 heteroatoms. The first-order valence-corrected chi connectivity index (χ1v) is 7.85. The molecule has 0 fully saturated rings. The van der Waals surface area contributed by atoms with Crippen molar-refractivity contribution in [1.82, 2.24) is 0 Å². The second kappa shape index (κ2) is 7.32. The quantitative estimate of drug-likeness (QED) is 0.750. The average molecular weight is 312 g/mol. The zero-order valence-electron chi connectivity index (χ0n) is 14.2. The summed E-state index contributed by atoms with van der Waals surface area (Å²) in [5.74, 6) is 0.279. The van der Waals surface area contributed by atoms with E-state index in [4.69, 9.17) is 9.47 Å². The minimum Gasteiger partial charge on any atom is -0.489 e. The summed E-state index contributed by atoms with van der Waals surface area (Å²) in [7, 11) is 0. The molecule has 0 saturated carbocycles. The minimum atomic E-state index is -0.468. The lowest BCUT2D eigenvalue weighted by Gasteiger charge is -2.22. The third-order valence-corrected chi connectivity index (χ3v) is 3.39. The summed E-state index contributed by atoms with van der Waals surface area (Å²) in [5.41, 5.74) is 1.58. The topological polar surface area (TPSA) is 35.5 Å². The normalized spacial score (nSPS) is 12.5. The summed E-state index contributed by atoms with van der Waals surface area (Å²) in [6, 6.07) is 17.6. The van der Waals surface area contributed by atoms with Gasteiger partial charge in [0.25, 0.3) is 0 Å². The van der Waals surface area contributed by atoms with Gasteiger partial charge in [-0.2, -0.15) is 0 Å². The van der Waals surface area contributed by atoms with Crippen LogP contribution in [0, 0.1) is 0 Å². The smallest absolute Gasteiger partial charge is 0.313 e. The Morgan fingerprint density at radius 2 is 1.61 bits per heavy atom. The van der Waals surface area contributed by atoms with Gasteiger partial charge in [-0.1, -0.05) is 42.5 Å². The minimum absolute atomic E-state index is 0.213. The first-order valence-electron chi connectivity index (χ1n) is 7.85. The Bertz CT molecular complexity index is 624. The number of carbonyl (C=O) groups excluding carboxylic acids is 1. The fourth-order valence-corrected chi connectivity index (χ4v) is 2.12. The molecule has 0 N–H and O–H groups in total. The molecule has 0 bridgehead atoms. The Morgan fingerprint density at radius 3 is 2.17 bits per heavy atom. The molecule has 0 aromatic heterocycles. The monoisotopic (exact) mass is 312 g/mol. The zero-order valence-corrected chi connectivity index (χ0v) is 14.2. The van der Waals surface area contributed by atoms with Gasteiger partial charge < -0.3 is 9.47 Å². The van der Waals surface area contributed by atoms with Crippen molar-refractivity contribution >= 4 is 5.97 Å². The van der Waals surface area contributed by atoms with Gasteiger partial charge in [0.05, 0.1) is 5.92 Å². The standard InChI is InChI=1S/C20H24O3/c1-15(19(21)23-20(2,3)4)17-10-12-18(13-11-17)22-14-16-8-6-5-7-9-16/h5-13,15H,14H2,1-4H3. The molecule has 0 saturated heterocycles. The molecule has 2 aromatic rings. The van der Waals surface area contributed by atoms with Gasteiger partial charge in [0.15, 0.2) is 0 Å². The van der Waals surface area contributed by atoms with E-state index in [1.54, 1.807) is 0 Å². The van der Waals surface area contributed by atoms with Gasteiger partial charge in [-0.15, -0.1) is 0 Å². The average Bonchev–Trinajstić information content (AvgIpc) is 2.52. The molecule has 1 unspecified atom stereocenters. The van der Waals surface area contributed by atoms with Crippen LogP contribution in [0.5, 0.6) is 5.75 Å². The largest absolute Gasteiger partial charge is 0.489 e. The van der Waals surface area contributed by atoms with Crippen LogP contribution in [0.4, 0.5) is 0 Å². The van der Waals surface area contributed by atoms with E-state index >= 15 is 0 Å². The molecule has 2 rings (SSSR count). The molecule has 122 valence electrons. The van der Waals surface area contributed by atoms with Gasteiger partial charge >= 0.3 is 5.97 Å². The maximum absolute atomic E-state index is 12.1.